The highest BCUT2D eigenvalue weighted by atomic mass is 19.1. The number of rotatable bonds is 4. The first kappa shape index (κ1) is 15.5. The molecule has 0 saturated heterocycles. The van der Waals surface area contributed by atoms with Gasteiger partial charge in [-0.05, 0) is 50.8 Å². The van der Waals surface area contributed by atoms with E-state index >= 15 is 0 Å². The zero-order valence-electron chi connectivity index (χ0n) is 12.5. The topological polar surface area (TPSA) is 46.3 Å². The molecule has 112 valence electrons. The normalized spacial score (nSPS) is 13.8. The molecular weight excluding hydrogens is 267 g/mol. The predicted molar refractivity (Wildman–Crippen MR) is 81.2 cm³/mol. The standard InChI is InChI=1S/C17H21FN2O/c1-12(2)20(11-14-5-6-14)17(21)15-8-7-13(4-3-9-19)10-16(15)18/h7-8,10,12,14H,5-6,9,11,19H2,1-2H3. The Balaban J connectivity index is 2.20. The van der Waals surface area contributed by atoms with Gasteiger partial charge >= 0.3 is 0 Å². The van der Waals surface area contributed by atoms with Crippen molar-refractivity contribution in [2.75, 3.05) is 13.1 Å². The molecule has 1 fully saturated rings. The third-order valence-corrected chi connectivity index (χ3v) is 3.57. The molecule has 1 aliphatic rings. The van der Waals surface area contributed by atoms with Gasteiger partial charge in [-0.3, -0.25) is 4.79 Å². The average molecular weight is 288 g/mol. The summed E-state index contributed by atoms with van der Waals surface area (Å²) in [6.07, 6.45) is 2.32. The van der Waals surface area contributed by atoms with Crippen molar-refractivity contribution in [2.45, 2.75) is 32.7 Å². The van der Waals surface area contributed by atoms with E-state index in [2.05, 4.69) is 11.8 Å². The highest BCUT2D eigenvalue weighted by molar-refractivity contribution is 5.94. The zero-order valence-corrected chi connectivity index (χ0v) is 12.5. The fourth-order valence-electron chi connectivity index (χ4n) is 2.18. The summed E-state index contributed by atoms with van der Waals surface area (Å²) in [5.74, 6) is 5.25. The van der Waals surface area contributed by atoms with Crippen molar-refractivity contribution < 1.29 is 9.18 Å². The Morgan fingerprint density at radius 3 is 2.71 bits per heavy atom. The van der Waals surface area contributed by atoms with Crippen molar-refractivity contribution in [3.63, 3.8) is 0 Å². The van der Waals surface area contributed by atoms with Crippen LogP contribution >= 0.6 is 0 Å². The van der Waals surface area contributed by atoms with E-state index in [1.165, 1.54) is 12.1 Å². The van der Waals surface area contributed by atoms with Crippen LogP contribution in [0.5, 0.6) is 0 Å². The smallest absolute Gasteiger partial charge is 0.257 e. The molecule has 1 aromatic carbocycles. The molecule has 0 atom stereocenters. The highest BCUT2D eigenvalue weighted by Crippen LogP contribution is 2.31. The monoisotopic (exact) mass is 288 g/mol. The van der Waals surface area contributed by atoms with Crippen LogP contribution in [0.3, 0.4) is 0 Å². The van der Waals surface area contributed by atoms with Gasteiger partial charge in [-0.2, -0.15) is 0 Å². The van der Waals surface area contributed by atoms with Gasteiger partial charge in [0, 0.05) is 18.2 Å². The first-order valence-corrected chi connectivity index (χ1v) is 7.32. The molecule has 0 aliphatic heterocycles. The van der Waals surface area contributed by atoms with Gasteiger partial charge in [-0.1, -0.05) is 11.8 Å². The molecule has 0 unspecified atom stereocenters. The minimum absolute atomic E-state index is 0.0641. The van der Waals surface area contributed by atoms with Crippen molar-refractivity contribution in [2.24, 2.45) is 11.7 Å². The Labute approximate surface area is 125 Å². The second kappa shape index (κ2) is 6.73. The lowest BCUT2D eigenvalue weighted by Gasteiger charge is -2.27. The molecule has 3 nitrogen and oxygen atoms in total. The molecule has 4 heteroatoms. The molecule has 0 heterocycles. The number of carbonyl (C=O) groups is 1. The van der Waals surface area contributed by atoms with Crippen molar-refractivity contribution >= 4 is 5.91 Å². The summed E-state index contributed by atoms with van der Waals surface area (Å²) in [5, 5.41) is 0. The first-order chi connectivity index (χ1) is 10.0. The number of hydrogen-bond donors (Lipinski definition) is 1. The van der Waals surface area contributed by atoms with Gasteiger partial charge < -0.3 is 10.6 Å². The molecule has 0 spiro atoms. The second-order valence-corrected chi connectivity index (χ2v) is 5.70. The molecule has 0 aromatic heterocycles. The molecule has 2 rings (SSSR count). The summed E-state index contributed by atoms with van der Waals surface area (Å²) in [4.78, 5) is 14.3. The van der Waals surface area contributed by atoms with Crippen LogP contribution in [0.4, 0.5) is 4.39 Å². The van der Waals surface area contributed by atoms with E-state index in [-0.39, 0.29) is 24.1 Å². The van der Waals surface area contributed by atoms with Crippen molar-refractivity contribution in [1.29, 1.82) is 0 Å². The SMILES string of the molecule is CC(C)N(CC1CC1)C(=O)c1ccc(C#CCN)cc1F. The number of nitrogens with two attached hydrogens (primary N) is 1. The van der Waals surface area contributed by atoms with Crippen LogP contribution in [0.2, 0.25) is 0 Å². The zero-order chi connectivity index (χ0) is 15.4. The summed E-state index contributed by atoms with van der Waals surface area (Å²) in [7, 11) is 0. The van der Waals surface area contributed by atoms with Crippen molar-refractivity contribution in [1.82, 2.24) is 4.90 Å². The van der Waals surface area contributed by atoms with Gasteiger partial charge in [-0.15, -0.1) is 0 Å². The Hall–Kier alpha value is -1.86. The van der Waals surface area contributed by atoms with Crippen LogP contribution in [0, 0.1) is 23.6 Å². The van der Waals surface area contributed by atoms with Crippen LogP contribution in [0.25, 0.3) is 0 Å². The Morgan fingerprint density at radius 1 is 1.48 bits per heavy atom. The highest BCUT2D eigenvalue weighted by Gasteiger charge is 2.29. The molecule has 2 N–H and O–H groups in total. The summed E-state index contributed by atoms with van der Waals surface area (Å²) in [6.45, 7) is 4.86. The van der Waals surface area contributed by atoms with Crippen LogP contribution in [-0.4, -0.2) is 29.9 Å². The maximum atomic E-state index is 14.2. The number of amides is 1. The Morgan fingerprint density at radius 2 is 2.19 bits per heavy atom. The largest absolute Gasteiger partial charge is 0.336 e. The fourth-order valence-corrected chi connectivity index (χ4v) is 2.18. The van der Waals surface area contributed by atoms with Crippen LogP contribution in [0.1, 0.15) is 42.6 Å². The van der Waals surface area contributed by atoms with Crippen LogP contribution in [0.15, 0.2) is 18.2 Å². The van der Waals surface area contributed by atoms with E-state index in [0.29, 0.717) is 18.0 Å². The fraction of sp³-hybridized carbons (Fsp3) is 0.471. The number of nitrogens with zero attached hydrogens (tertiary/aromatic N) is 1. The molecule has 1 aromatic rings. The van der Waals surface area contributed by atoms with Crippen LogP contribution in [-0.2, 0) is 0 Å². The number of halogens is 1. The van der Waals surface area contributed by atoms with E-state index < -0.39 is 5.82 Å². The van der Waals surface area contributed by atoms with Gasteiger partial charge in [0.2, 0.25) is 0 Å². The number of benzene rings is 1. The number of hydrogen-bond acceptors (Lipinski definition) is 2. The van der Waals surface area contributed by atoms with Gasteiger partial charge in [-0.25, -0.2) is 4.39 Å². The summed E-state index contributed by atoms with van der Waals surface area (Å²) < 4.78 is 14.2. The lowest BCUT2D eigenvalue weighted by Crippen LogP contribution is -2.38. The summed E-state index contributed by atoms with van der Waals surface area (Å²) in [5.41, 5.74) is 5.94. The van der Waals surface area contributed by atoms with E-state index in [9.17, 15) is 9.18 Å². The van der Waals surface area contributed by atoms with Gasteiger partial charge in [0.15, 0.2) is 0 Å². The molecule has 1 amide bonds. The van der Waals surface area contributed by atoms with E-state index in [4.69, 9.17) is 5.73 Å². The quantitative estimate of drug-likeness (QED) is 0.865. The first-order valence-electron chi connectivity index (χ1n) is 7.32. The number of carbonyl (C=O) groups excluding carboxylic acids is 1. The third-order valence-electron chi connectivity index (χ3n) is 3.57. The summed E-state index contributed by atoms with van der Waals surface area (Å²) in [6, 6.07) is 4.54. The van der Waals surface area contributed by atoms with Crippen LogP contribution < -0.4 is 5.73 Å². The van der Waals surface area contributed by atoms with E-state index in [1.807, 2.05) is 13.8 Å². The average Bonchev–Trinajstić information content (AvgIpc) is 3.25. The molecule has 0 bridgehead atoms. The maximum Gasteiger partial charge on any atom is 0.257 e. The predicted octanol–water partition coefficient (Wildman–Crippen LogP) is 2.40. The molecule has 1 aliphatic carbocycles. The van der Waals surface area contributed by atoms with E-state index in [1.54, 1.807) is 11.0 Å². The minimum Gasteiger partial charge on any atom is -0.336 e. The van der Waals surface area contributed by atoms with Gasteiger partial charge in [0.1, 0.15) is 5.82 Å². The molecule has 21 heavy (non-hydrogen) atoms. The molecular formula is C17H21FN2O. The van der Waals surface area contributed by atoms with Gasteiger partial charge in [0.05, 0.1) is 12.1 Å². The molecule has 1 saturated carbocycles. The van der Waals surface area contributed by atoms with E-state index in [0.717, 1.165) is 12.8 Å². The summed E-state index contributed by atoms with van der Waals surface area (Å²) >= 11 is 0. The lowest BCUT2D eigenvalue weighted by atomic mass is 10.1. The van der Waals surface area contributed by atoms with Crippen molar-refractivity contribution in [3.8, 4) is 11.8 Å². The molecule has 0 radical (unpaired) electrons. The second-order valence-electron chi connectivity index (χ2n) is 5.70. The Bertz CT molecular complexity index is 582. The lowest BCUT2D eigenvalue weighted by molar-refractivity contribution is 0.0691. The van der Waals surface area contributed by atoms with Gasteiger partial charge in [0.25, 0.3) is 5.91 Å². The maximum absolute atomic E-state index is 14.2. The third kappa shape index (κ3) is 4.05. The Kier molecular flexibility index (Phi) is 4.98. The minimum atomic E-state index is -0.523. The van der Waals surface area contributed by atoms with Crippen molar-refractivity contribution in [3.05, 3.63) is 35.1 Å².